The van der Waals surface area contributed by atoms with Gasteiger partial charge in [0.05, 0.1) is 38.0 Å². The summed E-state index contributed by atoms with van der Waals surface area (Å²) in [4.78, 5) is 35.3. The van der Waals surface area contributed by atoms with Crippen molar-refractivity contribution < 1.29 is 23.8 Å². The number of rotatable bonds is 8. The van der Waals surface area contributed by atoms with Gasteiger partial charge in [-0.25, -0.2) is 9.79 Å². The van der Waals surface area contributed by atoms with Crippen LogP contribution in [0.2, 0.25) is 0 Å². The summed E-state index contributed by atoms with van der Waals surface area (Å²) in [6.07, 6.45) is 0.153. The number of allylic oxidation sites excluding steroid dienone is 1. The maximum Gasteiger partial charge on any atom is 0.338 e. The van der Waals surface area contributed by atoms with Crippen molar-refractivity contribution >= 4 is 28.8 Å². The SMILES string of the molecule is COc1ccc([C@H]2C(C(=O)OC(C)(C)C)=C(C)N=C3SC=C(CC(=O)N(C)Cc4ccccc4)N32)cc1OC. The van der Waals surface area contributed by atoms with Gasteiger partial charge in [-0.2, -0.15) is 0 Å². The lowest BCUT2D eigenvalue weighted by Crippen LogP contribution is -2.39. The monoisotopic (exact) mass is 549 g/mol. The third-order valence-electron chi connectivity index (χ3n) is 6.36. The molecule has 0 fully saturated rings. The van der Waals surface area contributed by atoms with Crippen LogP contribution in [0.3, 0.4) is 0 Å². The van der Waals surface area contributed by atoms with E-state index in [4.69, 9.17) is 19.2 Å². The number of ether oxygens (including phenoxy) is 3. The molecule has 1 amide bonds. The minimum Gasteiger partial charge on any atom is -0.493 e. The van der Waals surface area contributed by atoms with Crippen molar-refractivity contribution in [3.63, 3.8) is 0 Å². The van der Waals surface area contributed by atoms with E-state index in [-0.39, 0.29) is 12.3 Å². The highest BCUT2D eigenvalue weighted by Gasteiger charge is 2.42. The fraction of sp³-hybridized carbons (Fsp3) is 0.367. The lowest BCUT2D eigenvalue weighted by atomic mass is 9.93. The predicted octanol–water partition coefficient (Wildman–Crippen LogP) is 5.67. The first-order chi connectivity index (χ1) is 18.5. The van der Waals surface area contributed by atoms with Gasteiger partial charge in [-0.05, 0) is 56.4 Å². The molecule has 1 atom stereocenters. The number of benzene rings is 2. The van der Waals surface area contributed by atoms with Crippen molar-refractivity contribution in [3.05, 3.63) is 82.0 Å². The molecular weight excluding hydrogens is 514 g/mol. The molecule has 2 aromatic carbocycles. The number of nitrogens with zero attached hydrogens (tertiary/aromatic N) is 3. The second-order valence-electron chi connectivity index (χ2n) is 10.4. The number of hydrogen-bond acceptors (Lipinski definition) is 8. The van der Waals surface area contributed by atoms with E-state index >= 15 is 0 Å². The van der Waals surface area contributed by atoms with Gasteiger partial charge in [-0.15, -0.1) is 0 Å². The average molecular weight is 550 g/mol. The number of carbonyl (C=O) groups excluding carboxylic acids is 2. The smallest absolute Gasteiger partial charge is 0.338 e. The summed E-state index contributed by atoms with van der Waals surface area (Å²) in [5.41, 5.74) is 2.91. The Kier molecular flexibility index (Phi) is 8.39. The molecule has 0 N–H and O–H groups in total. The van der Waals surface area contributed by atoms with Gasteiger partial charge < -0.3 is 24.0 Å². The van der Waals surface area contributed by atoms with E-state index in [2.05, 4.69) is 0 Å². The van der Waals surface area contributed by atoms with Crippen LogP contribution in [0.4, 0.5) is 0 Å². The van der Waals surface area contributed by atoms with Crippen LogP contribution in [0.5, 0.6) is 11.5 Å². The van der Waals surface area contributed by atoms with Crippen LogP contribution in [0.25, 0.3) is 0 Å². The van der Waals surface area contributed by atoms with Crippen molar-refractivity contribution in [1.82, 2.24) is 9.80 Å². The Hall–Kier alpha value is -3.72. The third-order valence-corrected chi connectivity index (χ3v) is 7.25. The lowest BCUT2D eigenvalue weighted by molar-refractivity contribution is -0.150. The zero-order valence-electron chi connectivity index (χ0n) is 23.5. The van der Waals surface area contributed by atoms with Crippen LogP contribution in [-0.4, -0.2) is 53.7 Å². The summed E-state index contributed by atoms with van der Waals surface area (Å²) in [6, 6.07) is 14.9. The summed E-state index contributed by atoms with van der Waals surface area (Å²) in [5, 5.41) is 2.64. The van der Waals surface area contributed by atoms with Crippen molar-refractivity contribution in [2.45, 2.75) is 52.3 Å². The highest BCUT2D eigenvalue weighted by atomic mass is 32.2. The molecule has 2 heterocycles. The Labute approximate surface area is 234 Å². The van der Waals surface area contributed by atoms with Gasteiger partial charge >= 0.3 is 5.97 Å². The largest absolute Gasteiger partial charge is 0.493 e. The molecule has 9 heteroatoms. The normalized spacial score (nSPS) is 16.8. The third kappa shape index (κ3) is 6.30. The lowest BCUT2D eigenvalue weighted by Gasteiger charge is -2.37. The molecular formula is C30H35N3O5S. The summed E-state index contributed by atoms with van der Waals surface area (Å²) in [5.74, 6) is 0.625. The van der Waals surface area contributed by atoms with Gasteiger partial charge in [-0.1, -0.05) is 48.2 Å². The molecule has 39 heavy (non-hydrogen) atoms. The molecule has 0 unspecified atom stereocenters. The molecule has 2 aliphatic rings. The Morgan fingerprint density at radius 3 is 2.38 bits per heavy atom. The van der Waals surface area contributed by atoms with Crippen LogP contribution in [0.1, 0.15) is 51.3 Å². The number of thioether (sulfide) groups is 1. The standard InChI is InChI=1S/C30H35N3O5S/c1-19-26(28(35)38-30(2,3)4)27(21-13-14-23(36-6)24(15-21)37-7)33-22(18-39-29(33)31-19)16-25(34)32(5)17-20-11-9-8-10-12-20/h8-15,18,27H,16-17H2,1-7H3/t27-/m0/s1. The predicted molar refractivity (Wildman–Crippen MR) is 153 cm³/mol. The minimum atomic E-state index is -0.689. The number of esters is 1. The number of carbonyl (C=O) groups is 2. The molecule has 206 valence electrons. The molecule has 0 spiro atoms. The molecule has 2 aliphatic heterocycles. The van der Waals surface area contributed by atoms with Crippen LogP contribution in [0, 0.1) is 0 Å². The van der Waals surface area contributed by atoms with Crippen LogP contribution in [0.15, 0.2) is 75.9 Å². The summed E-state index contributed by atoms with van der Waals surface area (Å²) >= 11 is 1.44. The molecule has 8 nitrogen and oxygen atoms in total. The van der Waals surface area contributed by atoms with Gasteiger partial charge in [0, 0.05) is 19.3 Å². The van der Waals surface area contributed by atoms with E-state index < -0.39 is 17.6 Å². The summed E-state index contributed by atoms with van der Waals surface area (Å²) in [6.45, 7) is 7.82. The van der Waals surface area contributed by atoms with E-state index in [9.17, 15) is 9.59 Å². The second-order valence-corrected chi connectivity index (χ2v) is 11.3. The maximum absolute atomic E-state index is 13.6. The Morgan fingerprint density at radius 2 is 1.74 bits per heavy atom. The maximum atomic E-state index is 13.6. The van der Waals surface area contributed by atoms with Crippen molar-refractivity contribution in [1.29, 1.82) is 0 Å². The first kappa shape index (κ1) is 28.3. The first-order valence-electron chi connectivity index (χ1n) is 12.7. The minimum absolute atomic E-state index is 0.0388. The van der Waals surface area contributed by atoms with Gasteiger partial charge in [0.15, 0.2) is 16.7 Å². The molecule has 0 aliphatic carbocycles. The molecule has 0 saturated heterocycles. The fourth-order valence-electron chi connectivity index (χ4n) is 4.54. The van der Waals surface area contributed by atoms with Gasteiger partial charge in [0.25, 0.3) is 0 Å². The van der Waals surface area contributed by atoms with Gasteiger partial charge in [0.2, 0.25) is 5.91 Å². The second kappa shape index (κ2) is 11.6. The molecule has 2 aromatic rings. The Balaban J connectivity index is 1.71. The number of amidine groups is 1. The Bertz CT molecular complexity index is 1340. The van der Waals surface area contributed by atoms with Crippen molar-refractivity contribution in [2.75, 3.05) is 21.3 Å². The molecule has 4 rings (SSSR count). The number of fused-ring (bicyclic) bond motifs is 1. The Morgan fingerprint density at radius 1 is 1.05 bits per heavy atom. The van der Waals surface area contributed by atoms with E-state index in [1.54, 1.807) is 26.2 Å². The molecule has 0 radical (unpaired) electrons. The summed E-state index contributed by atoms with van der Waals surface area (Å²) in [7, 11) is 4.95. The van der Waals surface area contributed by atoms with Gasteiger partial charge in [0.1, 0.15) is 5.60 Å². The average Bonchev–Trinajstić information content (AvgIpc) is 3.28. The molecule has 0 aromatic heterocycles. The number of amides is 1. The highest BCUT2D eigenvalue weighted by Crippen LogP contribution is 2.46. The quantitative estimate of drug-likeness (QED) is 0.393. The van der Waals surface area contributed by atoms with Crippen molar-refractivity contribution in [3.8, 4) is 11.5 Å². The highest BCUT2D eigenvalue weighted by molar-refractivity contribution is 8.16. The first-order valence-corrected chi connectivity index (χ1v) is 13.6. The zero-order chi connectivity index (χ0) is 28.3. The van der Waals surface area contributed by atoms with E-state index in [0.717, 1.165) is 16.8 Å². The van der Waals surface area contributed by atoms with Crippen molar-refractivity contribution in [2.24, 2.45) is 4.99 Å². The molecule has 0 saturated carbocycles. The van der Waals surface area contributed by atoms with Gasteiger partial charge in [-0.3, -0.25) is 4.79 Å². The van der Waals surface area contributed by atoms with Crippen LogP contribution in [-0.2, 0) is 20.9 Å². The van der Waals surface area contributed by atoms with Crippen LogP contribution < -0.4 is 9.47 Å². The van der Waals surface area contributed by atoms with E-state index in [0.29, 0.717) is 34.5 Å². The van der Waals surface area contributed by atoms with Crippen LogP contribution >= 0.6 is 11.8 Å². The zero-order valence-corrected chi connectivity index (χ0v) is 24.3. The topological polar surface area (TPSA) is 80.7 Å². The summed E-state index contributed by atoms with van der Waals surface area (Å²) < 4.78 is 16.8. The fourth-order valence-corrected chi connectivity index (χ4v) is 5.50. The molecule has 0 bridgehead atoms. The number of hydrogen-bond donors (Lipinski definition) is 0. The number of aliphatic imine (C=N–C) groups is 1. The van der Waals surface area contributed by atoms with E-state index in [1.165, 1.54) is 11.8 Å². The number of methoxy groups -OCH3 is 2. The van der Waals surface area contributed by atoms with E-state index in [1.807, 2.05) is 86.5 Å².